The number of Topliss-reactive ketones (excluding diaryl/α,β-unsaturated/α-hetero) is 2. The fourth-order valence-corrected chi connectivity index (χ4v) is 3.58. The van der Waals surface area contributed by atoms with Gasteiger partial charge in [0.25, 0.3) is 5.78 Å². The predicted molar refractivity (Wildman–Crippen MR) is 110 cm³/mol. The summed E-state index contributed by atoms with van der Waals surface area (Å²) in [5.41, 5.74) is 2.47. The summed E-state index contributed by atoms with van der Waals surface area (Å²) in [4.78, 5) is 24.7. The van der Waals surface area contributed by atoms with Crippen molar-refractivity contribution < 1.29 is 19.8 Å². The smallest absolute Gasteiger partial charge is 0.268 e. The molecule has 0 saturated carbocycles. The van der Waals surface area contributed by atoms with E-state index in [4.69, 9.17) is 0 Å². The molecular formula is C24H26O4. The van der Waals surface area contributed by atoms with Crippen molar-refractivity contribution in [3.63, 3.8) is 0 Å². The Kier molecular flexibility index (Phi) is 4.49. The molecule has 0 aromatic heterocycles. The molecule has 0 heterocycles. The molecule has 4 heteroatoms. The topological polar surface area (TPSA) is 74.6 Å². The number of benzene rings is 2. The lowest BCUT2D eigenvalue weighted by molar-refractivity contribution is -0.114. The first-order valence-electron chi connectivity index (χ1n) is 9.34. The SMILES string of the molecule is CC(C)(C)c1cc(C2=C(O)C(=O)C(=O)c3ccccc32)cc(C(C)(C)C)c1O. The van der Waals surface area contributed by atoms with Crippen LogP contribution in [0.15, 0.2) is 42.2 Å². The summed E-state index contributed by atoms with van der Waals surface area (Å²) in [5, 5.41) is 21.5. The van der Waals surface area contributed by atoms with E-state index in [0.717, 1.165) is 11.1 Å². The van der Waals surface area contributed by atoms with E-state index in [9.17, 15) is 19.8 Å². The summed E-state index contributed by atoms with van der Waals surface area (Å²) < 4.78 is 0. The normalized spacial score (nSPS) is 15.1. The van der Waals surface area contributed by atoms with Gasteiger partial charge in [-0.2, -0.15) is 0 Å². The summed E-state index contributed by atoms with van der Waals surface area (Å²) in [6.45, 7) is 12.0. The maximum absolute atomic E-state index is 12.4. The summed E-state index contributed by atoms with van der Waals surface area (Å²) in [5.74, 6) is -1.94. The molecule has 2 aromatic rings. The lowest BCUT2D eigenvalue weighted by Gasteiger charge is -2.29. The Morgan fingerprint density at radius 3 is 1.64 bits per heavy atom. The molecule has 3 rings (SSSR count). The maximum atomic E-state index is 12.4. The van der Waals surface area contributed by atoms with Gasteiger partial charge in [-0.25, -0.2) is 0 Å². The molecule has 0 atom stereocenters. The molecule has 0 spiro atoms. The number of carbonyl (C=O) groups is 2. The van der Waals surface area contributed by atoms with E-state index in [2.05, 4.69) is 0 Å². The first kappa shape index (κ1) is 19.9. The van der Waals surface area contributed by atoms with Crippen LogP contribution in [0.1, 0.15) is 74.2 Å². The second-order valence-electron chi connectivity index (χ2n) is 9.35. The van der Waals surface area contributed by atoms with Crippen molar-refractivity contribution in [3.05, 3.63) is 70.0 Å². The van der Waals surface area contributed by atoms with Gasteiger partial charge < -0.3 is 10.2 Å². The van der Waals surface area contributed by atoms with Crippen molar-refractivity contribution in [1.29, 1.82) is 0 Å². The van der Waals surface area contributed by atoms with Crippen LogP contribution < -0.4 is 0 Å². The number of aliphatic hydroxyl groups excluding tert-OH is 1. The highest BCUT2D eigenvalue weighted by molar-refractivity contribution is 6.52. The second-order valence-corrected chi connectivity index (χ2v) is 9.35. The number of allylic oxidation sites excluding steroid dienone is 1. The van der Waals surface area contributed by atoms with E-state index in [1.165, 1.54) is 0 Å². The average molecular weight is 378 g/mol. The first-order valence-corrected chi connectivity index (χ1v) is 9.34. The highest BCUT2D eigenvalue weighted by Crippen LogP contribution is 2.43. The average Bonchev–Trinajstić information content (AvgIpc) is 2.59. The Bertz CT molecular complexity index is 992. The number of rotatable bonds is 1. The van der Waals surface area contributed by atoms with Crippen molar-refractivity contribution in [2.45, 2.75) is 52.4 Å². The van der Waals surface area contributed by atoms with Gasteiger partial charge in [-0.3, -0.25) is 9.59 Å². The number of aliphatic hydroxyl groups is 1. The third-order valence-corrected chi connectivity index (χ3v) is 5.11. The molecule has 1 aliphatic carbocycles. The van der Waals surface area contributed by atoms with Gasteiger partial charge in [0.2, 0.25) is 5.78 Å². The van der Waals surface area contributed by atoms with Gasteiger partial charge in [0.05, 0.1) is 0 Å². The summed E-state index contributed by atoms with van der Waals surface area (Å²) in [6, 6.07) is 10.4. The highest BCUT2D eigenvalue weighted by Gasteiger charge is 2.35. The standard InChI is InChI=1S/C24H26O4/c1-23(2,3)16-11-13(12-17(20(16)26)24(4,5)6)18-14-9-7-8-10-15(14)19(25)22(28)21(18)27/h7-12,26-27H,1-6H3. The molecule has 2 aromatic carbocycles. The van der Waals surface area contributed by atoms with E-state index in [-0.39, 0.29) is 22.1 Å². The fourth-order valence-electron chi connectivity index (χ4n) is 3.58. The lowest BCUT2D eigenvalue weighted by Crippen LogP contribution is -2.25. The van der Waals surface area contributed by atoms with Crippen LogP contribution >= 0.6 is 0 Å². The van der Waals surface area contributed by atoms with Gasteiger partial charge in [0.15, 0.2) is 5.76 Å². The molecule has 0 unspecified atom stereocenters. The van der Waals surface area contributed by atoms with Gasteiger partial charge in [0, 0.05) is 22.3 Å². The zero-order valence-electron chi connectivity index (χ0n) is 17.2. The molecule has 1 aliphatic rings. The number of ketones is 2. The van der Waals surface area contributed by atoms with Crippen molar-refractivity contribution >= 4 is 17.1 Å². The second kappa shape index (κ2) is 6.33. The third kappa shape index (κ3) is 3.13. The quantitative estimate of drug-likeness (QED) is 0.680. The van der Waals surface area contributed by atoms with Gasteiger partial charge >= 0.3 is 0 Å². The zero-order chi connectivity index (χ0) is 21.0. The summed E-state index contributed by atoms with van der Waals surface area (Å²) in [6.07, 6.45) is 0. The number of hydrogen-bond acceptors (Lipinski definition) is 4. The number of fused-ring (bicyclic) bond motifs is 1. The van der Waals surface area contributed by atoms with Crippen LogP contribution in [0.2, 0.25) is 0 Å². The molecule has 0 fully saturated rings. The number of hydrogen-bond donors (Lipinski definition) is 2. The van der Waals surface area contributed by atoms with E-state index in [0.29, 0.717) is 16.7 Å². The Morgan fingerprint density at radius 1 is 0.714 bits per heavy atom. The molecule has 0 amide bonds. The van der Waals surface area contributed by atoms with E-state index in [1.54, 1.807) is 36.4 Å². The van der Waals surface area contributed by atoms with Gasteiger partial charge in [-0.15, -0.1) is 0 Å². The molecule has 28 heavy (non-hydrogen) atoms. The molecule has 0 bridgehead atoms. The molecule has 0 saturated heterocycles. The van der Waals surface area contributed by atoms with E-state index < -0.39 is 17.3 Å². The van der Waals surface area contributed by atoms with Crippen molar-refractivity contribution in [3.8, 4) is 5.75 Å². The van der Waals surface area contributed by atoms with Crippen LogP contribution in [0.5, 0.6) is 5.75 Å². The fraction of sp³-hybridized carbons (Fsp3) is 0.333. The number of phenols is 1. The first-order chi connectivity index (χ1) is 12.8. The van der Waals surface area contributed by atoms with Crippen LogP contribution in [-0.4, -0.2) is 21.8 Å². The molecule has 2 N–H and O–H groups in total. The molecular weight excluding hydrogens is 352 g/mol. The van der Waals surface area contributed by atoms with Crippen molar-refractivity contribution in [2.24, 2.45) is 0 Å². The van der Waals surface area contributed by atoms with Crippen LogP contribution in [0.4, 0.5) is 0 Å². The van der Waals surface area contributed by atoms with Crippen molar-refractivity contribution in [2.75, 3.05) is 0 Å². The highest BCUT2D eigenvalue weighted by atomic mass is 16.3. The Balaban J connectivity index is 2.41. The van der Waals surface area contributed by atoms with E-state index in [1.807, 2.05) is 41.5 Å². The van der Waals surface area contributed by atoms with Crippen molar-refractivity contribution in [1.82, 2.24) is 0 Å². The van der Waals surface area contributed by atoms with Crippen LogP contribution in [-0.2, 0) is 15.6 Å². The number of phenolic OH excluding ortho intramolecular Hbond substituents is 1. The van der Waals surface area contributed by atoms with Crippen LogP contribution in [0.25, 0.3) is 5.57 Å². The third-order valence-electron chi connectivity index (χ3n) is 5.11. The van der Waals surface area contributed by atoms with E-state index >= 15 is 0 Å². The molecule has 4 nitrogen and oxygen atoms in total. The van der Waals surface area contributed by atoms with Gasteiger partial charge in [0.1, 0.15) is 5.75 Å². The molecule has 146 valence electrons. The number of carbonyl (C=O) groups excluding carboxylic acids is 2. The molecule has 0 aliphatic heterocycles. The Morgan fingerprint density at radius 2 is 1.18 bits per heavy atom. The minimum atomic E-state index is -0.906. The largest absolute Gasteiger partial charge is 0.507 e. The molecule has 0 radical (unpaired) electrons. The van der Waals surface area contributed by atoms with Gasteiger partial charge in [-0.05, 0) is 34.1 Å². The van der Waals surface area contributed by atoms with Gasteiger partial charge in [-0.1, -0.05) is 65.8 Å². The monoisotopic (exact) mass is 378 g/mol. The summed E-state index contributed by atoms with van der Waals surface area (Å²) in [7, 11) is 0. The summed E-state index contributed by atoms with van der Waals surface area (Å²) >= 11 is 0. The van der Waals surface area contributed by atoms with Crippen LogP contribution in [0.3, 0.4) is 0 Å². The Labute approximate surface area is 165 Å². The minimum Gasteiger partial charge on any atom is -0.507 e. The minimum absolute atomic E-state index is 0.218. The van der Waals surface area contributed by atoms with Crippen LogP contribution in [0, 0.1) is 0 Å². The Hall–Kier alpha value is -2.88. The zero-order valence-corrected chi connectivity index (χ0v) is 17.2. The number of aromatic hydroxyl groups is 1. The maximum Gasteiger partial charge on any atom is 0.268 e. The predicted octanol–water partition coefficient (Wildman–Crippen LogP) is 5.07. The lowest BCUT2D eigenvalue weighted by atomic mass is 9.76.